The summed E-state index contributed by atoms with van der Waals surface area (Å²) in [5, 5.41) is 5.31. The van der Waals surface area contributed by atoms with Crippen LogP contribution in [0.3, 0.4) is 0 Å². The zero-order valence-electron chi connectivity index (χ0n) is 26.2. The summed E-state index contributed by atoms with van der Waals surface area (Å²) < 4.78 is 6.26. The third-order valence-electron chi connectivity index (χ3n) is 9.32. The van der Waals surface area contributed by atoms with Crippen LogP contribution in [0.4, 0.5) is 0 Å². The lowest BCUT2D eigenvalue weighted by Crippen LogP contribution is -1.91. The molecule has 5 nitrogen and oxygen atoms in total. The second kappa shape index (κ2) is 10.9. The summed E-state index contributed by atoms with van der Waals surface area (Å²) in [6, 6.07) is 52.1. The highest BCUT2D eigenvalue weighted by Crippen LogP contribution is 2.39. The first-order valence-electron chi connectivity index (χ1n) is 16.3. The molecule has 0 fully saturated rings. The topological polar surface area (TPSA) is 64.7 Å². The molecule has 49 heavy (non-hydrogen) atoms. The second-order valence-corrected chi connectivity index (χ2v) is 12.3. The van der Waals surface area contributed by atoms with Gasteiger partial charge in [-0.15, -0.1) is 0 Å². The van der Waals surface area contributed by atoms with Gasteiger partial charge in [0.25, 0.3) is 0 Å². The Labute approximate surface area is 281 Å². The van der Waals surface area contributed by atoms with Gasteiger partial charge in [0.1, 0.15) is 5.52 Å². The number of hydrogen-bond donors (Lipinski definition) is 0. The van der Waals surface area contributed by atoms with Crippen LogP contribution in [-0.2, 0) is 0 Å². The van der Waals surface area contributed by atoms with E-state index in [0.29, 0.717) is 5.89 Å². The number of para-hydroxylation sites is 1. The molecule has 0 radical (unpaired) electrons. The van der Waals surface area contributed by atoms with Crippen molar-refractivity contribution >= 4 is 54.6 Å². The summed E-state index contributed by atoms with van der Waals surface area (Å²) in [5.41, 5.74) is 11.5. The molecule has 0 saturated carbocycles. The van der Waals surface area contributed by atoms with Crippen molar-refractivity contribution in [3.05, 3.63) is 158 Å². The normalized spacial score (nSPS) is 11.7. The Morgan fingerprint density at radius 3 is 2.08 bits per heavy atom. The van der Waals surface area contributed by atoms with Gasteiger partial charge in [0.2, 0.25) is 5.89 Å². The summed E-state index contributed by atoms with van der Waals surface area (Å²) in [5.74, 6) is 0.612. The predicted molar refractivity (Wildman–Crippen MR) is 199 cm³/mol. The van der Waals surface area contributed by atoms with Crippen molar-refractivity contribution in [2.24, 2.45) is 0 Å². The Morgan fingerprint density at radius 1 is 0.429 bits per heavy atom. The number of hydrogen-bond acceptors (Lipinski definition) is 5. The molecule has 5 heteroatoms. The van der Waals surface area contributed by atoms with Crippen LogP contribution < -0.4 is 0 Å². The van der Waals surface area contributed by atoms with E-state index in [9.17, 15) is 0 Å². The summed E-state index contributed by atoms with van der Waals surface area (Å²) in [6.45, 7) is 0. The standard InChI is InChI=1S/C44H26N4O/c1-2-8-31(9-3-1)44-48-43-38(49-44)24-22-35-39(43)34-13-4-5-14-37(34)47-40(35)29-17-15-27(16-18-29)32-10-6-11-33(26-32)36-23-21-30-20-19-28-12-7-25-45-41(28)42(30)46-36/h1-26H. The molecule has 0 N–H and O–H groups in total. The van der Waals surface area contributed by atoms with E-state index in [1.807, 2.05) is 54.7 Å². The quantitative estimate of drug-likeness (QED) is 0.182. The Hall–Kier alpha value is -6.72. The molecule has 0 aliphatic rings. The fourth-order valence-corrected chi connectivity index (χ4v) is 6.91. The molecular weight excluding hydrogens is 601 g/mol. The molecule has 4 aromatic heterocycles. The lowest BCUT2D eigenvalue weighted by Gasteiger charge is -2.11. The third kappa shape index (κ3) is 4.55. The maximum absolute atomic E-state index is 6.26. The van der Waals surface area contributed by atoms with Gasteiger partial charge in [-0.25, -0.2) is 15.0 Å². The van der Waals surface area contributed by atoms with Crippen LogP contribution >= 0.6 is 0 Å². The first-order valence-corrected chi connectivity index (χ1v) is 16.3. The van der Waals surface area contributed by atoms with Crippen molar-refractivity contribution in [1.29, 1.82) is 0 Å². The molecule has 10 aromatic rings. The maximum Gasteiger partial charge on any atom is 0.227 e. The van der Waals surface area contributed by atoms with Crippen molar-refractivity contribution in [3.8, 4) is 45.1 Å². The van der Waals surface area contributed by atoms with Crippen molar-refractivity contribution < 1.29 is 4.42 Å². The fraction of sp³-hybridized carbons (Fsp3) is 0. The molecule has 0 unspecified atom stereocenters. The van der Waals surface area contributed by atoms with E-state index in [2.05, 4.69) is 108 Å². The molecule has 0 saturated heterocycles. The highest BCUT2D eigenvalue weighted by molar-refractivity contribution is 6.20. The smallest absolute Gasteiger partial charge is 0.227 e. The van der Waals surface area contributed by atoms with Crippen molar-refractivity contribution in [3.63, 3.8) is 0 Å². The zero-order chi connectivity index (χ0) is 32.3. The number of pyridine rings is 3. The number of aromatic nitrogens is 4. The first-order chi connectivity index (χ1) is 24.3. The van der Waals surface area contributed by atoms with E-state index in [4.69, 9.17) is 19.4 Å². The Bertz CT molecular complexity index is 2880. The molecule has 0 aliphatic carbocycles. The van der Waals surface area contributed by atoms with Crippen molar-refractivity contribution in [2.75, 3.05) is 0 Å². The summed E-state index contributed by atoms with van der Waals surface area (Å²) in [6.07, 6.45) is 1.83. The van der Waals surface area contributed by atoms with Crippen LogP contribution in [0, 0.1) is 0 Å². The highest BCUT2D eigenvalue weighted by atomic mass is 16.3. The van der Waals surface area contributed by atoms with Crippen LogP contribution in [0.15, 0.2) is 162 Å². The Morgan fingerprint density at radius 2 is 1.18 bits per heavy atom. The second-order valence-electron chi connectivity index (χ2n) is 12.3. The van der Waals surface area contributed by atoms with Gasteiger partial charge in [0.05, 0.1) is 27.9 Å². The monoisotopic (exact) mass is 626 g/mol. The van der Waals surface area contributed by atoms with Gasteiger partial charge in [-0.05, 0) is 59.7 Å². The van der Waals surface area contributed by atoms with Crippen LogP contribution in [0.5, 0.6) is 0 Å². The molecule has 0 bridgehead atoms. The van der Waals surface area contributed by atoms with E-state index in [1.165, 1.54) is 0 Å². The number of oxazole rings is 1. The van der Waals surface area contributed by atoms with Crippen LogP contribution in [0.2, 0.25) is 0 Å². The van der Waals surface area contributed by atoms with Gasteiger partial charge in [0.15, 0.2) is 5.58 Å². The average molecular weight is 627 g/mol. The van der Waals surface area contributed by atoms with Crippen LogP contribution in [-0.4, -0.2) is 19.9 Å². The molecule has 228 valence electrons. The minimum atomic E-state index is 0.612. The molecule has 0 spiro atoms. The zero-order valence-corrected chi connectivity index (χ0v) is 26.2. The average Bonchev–Trinajstić information content (AvgIpc) is 3.63. The molecule has 0 amide bonds. The lowest BCUT2D eigenvalue weighted by molar-refractivity contribution is 0.620. The maximum atomic E-state index is 6.26. The minimum Gasteiger partial charge on any atom is -0.436 e. The van der Waals surface area contributed by atoms with Gasteiger partial charge in [-0.2, -0.15) is 0 Å². The largest absolute Gasteiger partial charge is 0.436 e. The molecule has 0 atom stereocenters. The first kappa shape index (κ1) is 27.4. The van der Waals surface area contributed by atoms with E-state index in [0.717, 1.165) is 93.8 Å². The van der Waals surface area contributed by atoms with Crippen LogP contribution in [0.1, 0.15) is 0 Å². The van der Waals surface area contributed by atoms with Crippen molar-refractivity contribution in [1.82, 2.24) is 19.9 Å². The van der Waals surface area contributed by atoms with Crippen molar-refractivity contribution in [2.45, 2.75) is 0 Å². The Balaban J connectivity index is 1.06. The van der Waals surface area contributed by atoms with Gasteiger partial charge in [-0.1, -0.05) is 103 Å². The van der Waals surface area contributed by atoms with Gasteiger partial charge >= 0.3 is 0 Å². The third-order valence-corrected chi connectivity index (χ3v) is 9.32. The van der Waals surface area contributed by atoms with E-state index >= 15 is 0 Å². The molecule has 4 heterocycles. The number of rotatable bonds is 4. The number of benzene rings is 6. The van der Waals surface area contributed by atoms with Crippen LogP contribution in [0.25, 0.3) is 99.7 Å². The molecule has 0 aliphatic heterocycles. The van der Waals surface area contributed by atoms with E-state index in [-0.39, 0.29) is 0 Å². The molecule has 10 rings (SSSR count). The predicted octanol–water partition coefficient (Wildman–Crippen LogP) is 11.3. The SMILES string of the molecule is c1ccc(-c2nc3c(ccc4c(-c5ccc(-c6cccc(-c7ccc8ccc9cccnc9c8n7)c6)cc5)nc5ccccc5c43)o2)cc1. The molecular formula is C44H26N4O. The molecule has 6 aromatic carbocycles. The summed E-state index contributed by atoms with van der Waals surface area (Å²) in [4.78, 5) is 19.9. The Kier molecular flexibility index (Phi) is 6.11. The van der Waals surface area contributed by atoms with E-state index < -0.39 is 0 Å². The lowest BCUT2D eigenvalue weighted by atomic mass is 9.96. The fourth-order valence-electron chi connectivity index (χ4n) is 6.91. The van der Waals surface area contributed by atoms with Gasteiger partial charge in [0, 0.05) is 49.8 Å². The minimum absolute atomic E-state index is 0.612. The number of nitrogens with zero attached hydrogens (tertiary/aromatic N) is 4. The summed E-state index contributed by atoms with van der Waals surface area (Å²) >= 11 is 0. The number of fused-ring (bicyclic) bond motifs is 8. The van der Waals surface area contributed by atoms with Gasteiger partial charge < -0.3 is 4.42 Å². The van der Waals surface area contributed by atoms with Gasteiger partial charge in [-0.3, -0.25) is 4.98 Å². The van der Waals surface area contributed by atoms with E-state index in [1.54, 1.807) is 0 Å². The summed E-state index contributed by atoms with van der Waals surface area (Å²) in [7, 11) is 0. The highest BCUT2D eigenvalue weighted by Gasteiger charge is 2.18.